The van der Waals surface area contributed by atoms with Gasteiger partial charge in [-0.3, -0.25) is 13.9 Å². The molecule has 1 aliphatic heterocycles. The minimum absolute atomic E-state index is 0.134. The summed E-state index contributed by atoms with van der Waals surface area (Å²) in [6, 6.07) is 9.65. The molecule has 1 fully saturated rings. The summed E-state index contributed by atoms with van der Waals surface area (Å²) in [5, 5.41) is 2.69. The molecule has 0 atom stereocenters. The van der Waals surface area contributed by atoms with Crippen molar-refractivity contribution < 1.29 is 13.2 Å². The van der Waals surface area contributed by atoms with Crippen molar-refractivity contribution in [2.75, 3.05) is 21.9 Å². The number of carbonyl (C=O) groups excluding carboxylic acids is 1. The third-order valence-electron chi connectivity index (χ3n) is 3.78. The van der Waals surface area contributed by atoms with Crippen molar-refractivity contribution in [1.82, 2.24) is 4.57 Å². The average molecular weight is 426 g/mol. The number of carbonyl (C=O) groups is 1. The van der Waals surface area contributed by atoms with Gasteiger partial charge in [-0.2, -0.15) is 0 Å². The van der Waals surface area contributed by atoms with Crippen molar-refractivity contribution >= 4 is 43.2 Å². The summed E-state index contributed by atoms with van der Waals surface area (Å²) < 4.78 is 27.3. The van der Waals surface area contributed by atoms with E-state index in [1.807, 2.05) is 0 Å². The molecule has 1 aliphatic rings. The van der Waals surface area contributed by atoms with Crippen LogP contribution in [0.4, 0.5) is 11.4 Å². The quantitative estimate of drug-likeness (QED) is 0.808. The monoisotopic (exact) mass is 425 g/mol. The Labute approximate surface area is 153 Å². The molecule has 0 bridgehead atoms. The molecule has 1 saturated heterocycles. The van der Waals surface area contributed by atoms with Crippen molar-refractivity contribution in [3.05, 3.63) is 57.4 Å². The van der Waals surface area contributed by atoms with E-state index in [4.69, 9.17) is 0 Å². The van der Waals surface area contributed by atoms with Gasteiger partial charge in [0, 0.05) is 29.0 Å². The van der Waals surface area contributed by atoms with E-state index in [1.54, 1.807) is 30.3 Å². The zero-order chi connectivity index (χ0) is 18.0. The Morgan fingerprint density at radius 2 is 2.04 bits per heavy atom. The predicted molar refractivity (Wildman–Crippen MR) is 99.2 cm³/mol. The van der Waals surface area contributed by atoms with Gasteiger partial charge in [-0.05, 0) is 46.6 Å². The molecule has 132 valence electrons. The molecule has 0 saturated carbocycles. The lowest BCUT2D eigenvalue weighted by Crippen LogP contribution is -2.27. The second-order valence-electron chi connectivity index (χ2n) is 5.65. The summed E-state index contributed by atoms with van der Waals surface area (Å²) in [6.07, 6.45) is 2.12. The summed E-state index contributed by atoms with van der Waals surface area (Å²) in [5.74, 6) is -0.239. The number of hydrogen-bond acceptors (Lipinski definition) is 4. The maximum Gasteiger partial charge on any atom is 0.251 e. The van der Waals surface area contributed by atoms with Gasteiger partial charge >= 0.3 is 0 Å². The van der Waals surface area contributed by atoms with Crippen LogP contribution < -0.4 is 15.2 Å². The van der Waals surface area contributed by atoms with Gasteiger partial charge in [0.15, 0.2) is 0 Å². The highest BCUT2D eigenvalue weighted by Crippen LogP contribution is 2.26. The van der Waals surface area contributed by atoms with Crippen LogP contribution in [-0.4, -0.2) is 31.2 Å². The molecule has 7 nitrogen and oxygen atoms in total. The van der Waals surface area contributed by atoms with Crippen LogP contribution in [0.2, 0.25) is 0 Å². The molecule has 1 aromatic carbocycles. The number of halogens is 1. The molecule has 1 aromatic heterocycles. The van der Waals surface area contributed by atoms with Crippen LogP contribution in [0.1, 0.15) is 6.42 Å². The Bertz CT molecular complexity index is 971. The lowest BCUT2D eigenvalue weighted by Gasteiger charge is -2.18. The summed E-state index contributed by atoms with van der Waals surface area (Å²) in [5.41, 5.74) is 0.720. The summed E-state index contributed by atoms with van der Waals surface area (Å²) in [6.45, 7) is 0.303. The van der Waals surface area contributed by atoms with Gasteiger partial charge in [0.25, 0.3) is 5.56 Å². The molecule has 0 unspecified atom stereocenters. The van der Waals surface area contributed by atoms with Crippen LogP contribution in [0.15, 0.2) is 51.9 Å². The van der Waals surface area contributed by atoms with E-state index < -0.39 is 10.0 Å². The fourth-order valence-corrected chi connectivity index (χ4v) is 4.58. The van der Waals surface area contributed by atoms with Crippen molar-refractivity contribution in [2.24, 2.45) is 0 Å². The van der Waals surface area contributed by atoms with Gasteiger partial charge in [0.2, 0.25) is 15.9 Å². The van der Waals surface area contributed by atoms with E-state index in [-0.39, 0.29) is 23.8 Å². The van der Waals surface area contributed by atoms with Crippen LogP contribution in [-0.2, 0) is 21.4 Å². The van der Waals surface area contributed by atoms with Gasteiger partial charge in [-0.15, -0.1) is 0 Å². The zero-order valence-corrected chi connectivity index (χ0v) is 15.6. The van der Waals surface area contributed by atoms with E-state index in [9.17, 15) is 18.0 Å². The number of rotatable bonds is 4. The number of nitrogens with zero attached hydrogens (tertiary/aromatic N) is 2. The zero-order valence-electron chi connectivity index (χ0n) is 13.2. The Morgan fingerprint density at radius 3 is 2.76 bits per heavy atom. The van der Waals surface area contributed by atoms with Crippen LogP contribution >= 0.6 is 15.9 Å². The first-order valence-corrected chi connectivity index (χ1v) is 10.0. The molecule has 0 aliphatic carbocycles. The average Bonchev–Trinajstić information content (AvgIpc) is 2.90. The molecular weight excluding hydrogens is 410 g/mol. The van der Waals surface area contributed by atoms with Gasteiger partial charge < -0.3 is 9.88 Å². The number of nitrogens with one attached hydrogen (secondary N) is 1. The first-order chi connectivity index (χ1) is 11.8. The molecule has 3 rings (SSSR count). The smallest absolute Gasteiger partial charge is 0.251 e. The molecule has 9 heteroatoms. The number of aromatic nitrogens is 1. The second kappa shape index (κ2) is 7.01. The van der Waals surface area contributed by atoms with Crippen LogP contribution in [0.3, 0.4) is 0 Å². The minimum Gasteiger partial charge on any atom is -0.324 e. The number of anilines is 2. The topological polar surface area (TPSA) is 88.5 Å². The molecule has 1 N–H and O–H groups in total. The molecule has 0 radical (unpaired) electrons. The molecular formula is C16H16BrN3O4S. The number of benzene rings is 1. The maximum atomic E-state index is 12.2. The third-order valence-corrected chi connectivity index (χ3v) is 6.12. The number of pyridine rings is 1. The summed E-state index contributed by atoms with van der Waals surface area (Å²) in [4.78, 5) is 23.9. The molecule has 1 amide bonds. The fraction of sp³-hybridized carbons (Fsp3) is 0.250. The van der Waals surface area contributed by atoms with E-state index in [0.717, 1.165) is 0 Å². The molecule has 2 aromatic rings. The van der Waals surface area contributed by atoms with Gasteiger partial charge in [-0.25, -0.2) is 8.42 Å². The van der Waals surface area contributed by atoms with Crippen molar-refractivity contribution in [1.29, 1.82) is 0 Å². The van der Waals surface area contributed by atoms with Crippen LogP contribution in [0.25, 0.3) is 0 Å². The largest absolute Gasteiger partial charge is 0.324 e. The number of sulfonamides is 1. The normalized spacial score (nSPS) is 16.0. The van der Waals surface area contributed by atoms with Crippen molar-refractivity contribution in [2.45, 2.75) is 13.0 Å². The van der Waals surface area contributed by atoms with E-state index in [0.29, 0.717) is 28.8 Å². The lowest BCUT2D eigenvalue weighted by molar-refractivity contribution is -0.116. The standard InChI is InChI=1S/C16H16BrN3O4S/c17-12-5-6-16(22)19(10-12)11-15(21)18-13-3-1-4-14(9-13)20-7-2-8-25(20,23)24/h1,3-6,9-10H,2,7-8,11H2,(H,18,21). The highest BCUT2D eigenvalue weighted by molar-refractivity contribution is 9.10. The molecule has 2 heterocycles. The van der Waals surface area contributed by atoms with Gasteiger partial charge in [0.1, 0.15) is 6.54 Å². The van der Waals surface area contributed by atoms with E-state index >= 15 is 0 Å². The first kappa shape index (κ1) is 17.7. The van der Waals surface area contributed by atoms with Gasteiger partial charge in [-0.1, -0.05) is 6.07 Å². The fourth-order valence-electron chi connectivity index (χ4n) is 2.65. The van der Waals surface area contributed by atoms with Crippen LogP contribution in [0.5, 0.6) is 0 Å². The molecule has 25 heavy (non-hydrogen) atoms. The second-order valence-corrected chi connectivity index (χ2v) is 8.58. The Balaban J connectivity index is 1.75. The maximum absolute atomic E-state index is 12.2. The number of amides is 1. The highest BCUT2D eigenvalue weighted by atomic mass is 79.9. The predicted octanol–water partition coefficient (Wildman–Crippen LogP) is 1.79. The first-order valence-electron chi connectivity index (χ1n) is 7.61. The van der Waals surface area contributed by atoms with Crippen molar-refractivity contribution in [3.63, 3.8) is 0 Å². The Kier molecular flexibility index (Phi) is 4.96. The van der Waals surface area contributed by atoms with E-state index in [1.165, 1.54) is 21.1 Å². The molecule has 0 spiro atoms. The number of hydrogen-bond donors (Lipinski definition) is 1. The summed E-state index contributed by atoms with van der Waals surface area (Å²) in [7, 11) is -3.27. The third kappa shape index (κ3) is 4.10. The Hall–Kier alpha value is -2.13. The van der Waals surface area contributed by atoms with Gasteiger partial charge in [0.05, 0.1) is 11.4 Å². The van der Waals surface area contributed by atoms with Crippen LogP contribution in [0, 0.1) is 0 Å². The summed E-state index contributed by atoms with van der Waals surface area (Å²) >= 11 is 3.26. The highest BCUT2D eigenvalue weighted by Gasteiger charge is 2.28. The SMILES string of the molecule is O=C(Cn1cc(Br)ccc1=O)Nc1cccc(N2CCCS2(=O)=O)c1. The Morgan fingerprint density at radius 1 is 1.24 bits per heavy atom. The van der Waals surface area contributed by atoms with Crippen molar-refractivity contribution in [3.8, 4) is 0 Å². The minimum atomic E-state index is -3.27. The lowest BCUT2D eigenvalue weighted by atomic mass is 10.2. The van der Waals surface area contributed by atoms with E-state index in [2.05, 4.69) is 21.2 Å².